The van der Waals surface area contributed by atoms with Crippen LogP contribution in [0.4, 0.5) is 5.69 Å². The number of nitrogens with zero attached hydrogens (tertiary/aromatic N) is 4. The second-order valence-corrected chi connectivity index (χ2v) is 7.55. The van der Waals surface area contributed by atoms with Crippen molar-refractivity contribution in [2.45, 2.75) is 51.4 Å². The van der Waals surface area contributed by atoms with Crippen LogP contribution in [0.3, 0.4) is 0 Å². The number of anilines is 1. The predicted octanol–water partition coefficient (Wildman–Crippen LogP) is 3.67. The number of benzene rings is 1. The van der Waals surface area contributed by atoms with Crippen LogP contribution >= 0.6 is 0 Å². The third-order valence-corrected chi connectivity index (χ3v) is 5.58. The van der Waals surface area contributed by atoms with Crippen molar-refractivity contribution < 1.29 is 9.32 Å². The minimum absolute atomic E-state index is 0.189. The maximum atomic E-state index is 12.1. The number of aryl methyl sites for hydroxylation is 1. The van der Waals surface area contributed by atoms with E-state index in [1.165, 1.54) is 31.4 Å². The number of hydrogen-bond donors (Lipinski definition) is 0. The van der Waals surface area contributed by atoms with Crippen molar-refractivity contribution >= 4 is 11.6 Å². The number of hydrogen-bond acceptors (Lipinski definition) is 5. The zero-order valence-electron chi connectivity index (χ0n) is 15.9. The summed E-state index contributed by atoms with van der Waals surface area (Å²) in [6, 6.07) is 8.41. The van der Waals surface area contributed by atoms with Crippen LogP contribution in [-0.4, -0.2) is 47.1 Å². The molecule has 0 spiro atoms. The van der Waals surface area contributed by atoms with Crippen molar-refractivity contribution in [1.29, 1.82) is 0 Å². The zero-order valence-corrected chi connectivity index (χ0v) is 15.9. The Labute approximate surface area is 160 Å². The number of carbonyl (C=O) groups is 1. The predicted molar refractivity (Wildman–Crippen MR) is 105 cm³/mol. The molecule has 1 amide bonds. The third kappa shape index (κ3) is 4.49. The second-order valence-electron chi connectivity index (χ2n) is 7.55. The number of amides is 1. The van der Waals surface area contributed by atoms with Gasteiger partial charge in [-0.15, -0.1) is 0 Å². The molecule has 1 aromatic carbocycles. The smallest absolute Gasteiger partial charge is 0.227 e. The Morgan fingerprint density at radius 2 is 1.59 bits per heavy atom. The molecule has 0 aliphatic carbocycles. The van der Waals surface area contributed by atoms with Gasteiger partial charge in [0.15, 0.2) is 0 Å². The van der Waals surface area contributed by atoms with Crippen molar-refractivity contribution in [3.8, 4) is 11.4 Å². The Morgan fingerprint density at radius 1 is 0.926 bits per heavy atom. The summed E-state index contributed by atoms with van der Waals surface area (Å²) >= 11 is 0. The Kier molecular flexibility index (Phi) is 5.70. The van der Waals surface area contributed by atoms with Crippen LogP contribution in [0.15, 0.2) is 28.8 Å². The maximum absolute atomic E-state index is 12.1. The highest BCUT2D eigenvalue weighted by atomic mass is 16.5. The Bertz CT molecular complexity index is 742. The summed E-state index contributed by atoms with van der Waals surface area (Å²) in [4.78, 5) is 21.0. The molecule has 0 N–H and O–H groups in total. The molecule has 2 fully saturated rings. The van der Waals surface area contributed by atoms with Gasteiger partial charge in [-0.1, -0.05) is 18.0 Å². The van der Waals surface area contributed by atoms with Gasteiger partial charge in [0.2, 0.25) is 17.6 Å². The zero-order chi connectivity index (χ0) is 18.5. The molecule has 144 valence electrons. The summed E-state index contributed by atoms with van der Waals surface area (Å²) in [5.41, 5.74) is 2.22. The second kappa shape index (κ2) is 8.55. The molecule has 6 nitrogen and oxygen atoms in total. The number of carbonyl (C=O) groups excluding carboxylic acids is 1. The lowest BCUT2D eigenvalue weighted by Crippen LogP contribution is -2.27. The molecule has 2 saturated heterocycles. The molecule has 0 unspecified atom stereocenters. The molecule has 3 heterocycles. The van der Waals surface area contributed by atoms with Gasteiger partial charge in [-0.25, -0.2) is 0 Å². The van der Waals surface area contributed by atoms with Gasteiger partial charge in [-0.3, -0.25) is 4.79 Å². The first kappa shape index (κ1) is 18.0. The van der Waals surface area contributed by atoms with Gasteiger partial charge in [-0.05, 0) is 49.9 Å². The molecule has 2 aliphatic heterocycles. The van der Waals surface area contributed by atoms with Gasteiger partial charge in [0.1, 0.15) is 0 Å². The fourth-order valence-corrected chi connectivity index (χ4v) is 3.96. The van der Waals surface area contributed by atoms with Crippen molar-refractivity contribution in [2.24, 2.45) is 0 Å². The quantitative estimate of drug-likeness (QED) is 0.806. The van der Waals surface area contributed by atoms with E-state index in [0.29, 0.717) is 24.6 Å². The molecule has 2 aromatic rings. The van der Waals surface area contributed by atoms with E-state index in [1.54, 1.807) is 0 Å². The van der Waals surface area contributed by atoms with E-state index in [0.717, 1.165) is 44.6 Å². The lowest BCUT2D eigenvalue weighted by molar-refractivity contribution is -0.130. The molecule has 0 atom stereocenters. The fraction of sp³-hybridized carbons (Fsp3) is 0.571. The van der Waals surface area contributed by atoms with Crippen LogP contribution in [0, 0.1) is 0 Å². The molecule has 4 rings (SSSR count). The van der Waals surface area contributed by atoms with Crippen LogP contribution in [0.5, 0.6) is 0 Å². The largest absolute Gasteiger partial charge is 0.372 e. The van der Waals surface area contributed by atoms with Crippen molar-refractivity contribution in [3.05, 3.63) is 30.2 Å². The van der Waals surface area contributed by atoms with Gasteiger partial charge >= 0.3 is 0 Å². The van der Waals surface area contributed by atoms with E-state index < -0.39 is 0 Å². The first-order valence-corrected chi connectivity index (χ1v) is 10.3. The minimum atomic E-state index is 0.189. The molecule has 27 heavy (non-hydrogen) atoms. The van der Waals surface area contributed by atoms with E-state index in [9.17, 15) is 4.79 Å². The number of likely N-dealkylation sites (tertiary alicyclic amines) is 1. The van der Waals surface area contributed by atoms with E-state index in [1.807, 2.05) is 4.90 Å². The first-order chi connectivity index (χ1) is 13.3. The van der Waals surface area contributed by atoms with Crippen LogP contribution in [0.25, 0.3) is 11.4 Å². The van der Waals surface area contributed by atoms with Crippen molar-refractivity contribution in [2.75, 3.05) is 31.1 Å². The van der Waals surface area contributed by atoms with Crippen LogP contribution in [0.2, 0.25) is 0 Å². The summed E-state index contributed by atoms with van der Waals surface area (Å²) in [6.45, 7) is 4.04. The van der Waals surface area contributed by atoms with Crippen LogP contribution < -0.4 is 4.90 Å². The van der Waals surface area contributed by atoms with Gasteiger partial charge in [0.05, 0.1) is 0 Å². The molecule has 0 bridgehead atoms. The normalized spacial score (nSPS) is 17.9. The summed E-state index contributed by atoms with van der Waals surface area (Å²) < 4.78 is 5.35. The first-order valence-electron chi connectivity index (χ1n) is 10.3. The monoisotopic (exact) mass is 368 g/mol. The van der Waals surface area contributed by atoms with E-state index in [2.05, 4.69) is 39.3 Å². The molecular weight excluding hydrogens is 340 g/mol. The van der Waals surface area contributed by atoms with E-state index >= 15 is 0 Å². The Balaban J connectivity index is 1.35. The fourth-order valence-electron chi connectivity index (χ4n) is 3.96. The van der Waals surface area contributed by atoms with Gasteiger partial charge < -0.3 is 14.3 Å². The summed E-state index contributed by atoms with van der Waals surface area (Å²) in [6.07, 6.45) is 8.39. The molecule has 2 aliphatic rings. The van der Waals surface area contributed by atoms with Crippen LogP contribution in [0.1, 0.15) is 50.8 Å². The van der Waals surface area contributed by atoms with Crippen LogP contribution in [-0.2, 0) is 11.2 Å². The minimum Gasteiger partial charge on any atom is -0.372 e. The Morgan fingerprint density at radius 3 is 2.30 bits per heavy atom. The average Bonchev–Trinajstić information content (AvgIpc) is 3.34. The Hall–Kier alpha value is -2.37. The number of rotatable bonds is 5. The highest BCUT2D eigenvalue weighted by Gasteiger charge is 2.19. The van der Waals surface area contributed by atoms with Crippen molar-refractivity contribution in [3.63, 3.8) is 0 Å². The average molecular weight is 368 g/mol. The molecule has 6 heteroatoms. The molecular formula is C21H28N4O2. The third-order valence-electron chi connectivity index (χ3n) is 5.58. The topological polar surface area (TPSA) is 62.5 Å². The highest BCUT2D eigenvalue weighted by Crippen LogP contribution is 2.24. The van der Waals surface area contributed by atoms with Gasteiger partial charge in [0.25, 0.3) is 0 Å². The summed E-state index contributed by atoms with van der Waals surface area (Å²) in [5, 5.41) is 4.09. The SMILES string of the molecule is O=C(CCc1nc(-c2ccc(N3CCCCCC3)cc2)no1)N1CCCC1. The van der Waals surface area contributed by atoms with Gasteiger partial charge in [-0.2, -0.15) is 4.98 Å². The number of aromatic nitrogens is 2. The molecule has 0 saturated carbocycles. The molecule has 1 aromatic heterocycles. The lowest BCUT2D eigenvalue weighted by Gasteiger charge is -2.22. The highest BCUT2D eigenvalue weighted by molar-refractivity contribution is 5.76. The maximum Gasteiger partial charge on any atom is 0.227 e. The van der Waals surface area contributed by atoms with Crippen molar-refractivity contribution in [1.82, 2.24) is 15.0 Å². The van der Waals surface area contributed by atoms with Gasteiger partial charge in [0, 0.05) is 50.3 Å². The lowest BCUT2D eigenvalue weighted by atomic mass is 10.2. The summed E-state index contributed by atoms with van der Waals surface area (Å²) in [5.74, 6) is 1.32. The standard InChI is InChI=1S/C21H28N4O2/c26-20(25-15-5-6-16-25)12-11-19-22-21(23-27-19)17-7-9-18(10-8-17)24-13-3-1-2-4-14-24/h7-10H,1-6,11-16H2. The summed E-state index contributed by atoms with van der Waals surface area (Å²) in [7, 11) is 0. The van der Waals surface area contributed by atoms with E-state index in [-0.39, 0.29) is 5.91 Å². The molecule has 0 radical (unpaired) electrons. The van der Waals surface area contributed by atoms with E-state index in [4.69, 9.17) is 4.52 Å².